The van der Waals surface area contributed by atoms with Gasteiger partial charge in [-0.25, -0.2) is 4.79 Å². The van der Waals surface area contributed by atoms with Crippen molar-refractivity contribution in [2.75, 3.05) is 39.3 Å². The van der Waals surface area contributed by atoms with E-state index in [0.29, 0.717) is 18.3 Å². The molecule has 1 aromatic rings. The van der Waals surface area contributed by atoms with Gasteiger partial charge in [0, 0.05) is 39.3 Å². The summed E-state index contributed by atoms with van der Waals surface area (Å²) in [5, 5.41) is 3.89. The van der Waals surface area contributed by atoms with Crippen LogP contribution in [0.4, 0.5) is 4.79 Å². The molecule has 8 heteroatoms. The lowest BCUT2D eigenvalue weighted by molar-refractivity contribution is 0.110. The molecule has 1 aliphatic rings. The third kappa shape index (κ3) is 3.92. The first-order chi connectivity index (χ1) is 10.2. The van der Waals surface area contributed by atoms with Gasteiger partial charge in [0.1, 0.15) is 0 Å². The van der Waals surface area contributed by atoms with Crippen molar-refractivity contribution in [3.63, 3.8) is 0 Å². The van der Waals surface area contributed by atoms with Crippen molar-refractivity contribution in [2.45, 2.75) is 26.9 Å². The average Bonchev–Trinajstić information content (AvgIpc) is 2.97. The Bertz CT molecular complexity index is 451. The summed E-state index contributed by atoms with van der Waals surface area (Å²) in [6.07, 6.45) is 0. The fourth-order valence-electron chi connectivity index (χ4n) is 2.43. The molecule has 1 fully saturated rings. The molecule has 0 saturated carbocycles. The zero-order chi connectivity index (χ0) is 15.2. The van der Waals surface area contributed by atoms with Gasteiger partial charge >= 0.3 is 6.03 Å². The predicted molar refractivity (Wildman–Crippen MR) is 77.4 cm³/mol. The molecule has 118 valence electrons. The first kappa shape index (κ1) is 15.7. The molecule has 0 spiro atoms. The zero-order valence-electron chi connectivity index (χ0n) is 12.8. The molecule has 0 aromatic carbocycles. The van der Waals surface area contributed by atoms with Gasteiger partial charge < -0.3 is 20.1 Å². The van der Waals surface area contributed by atoms with Crippen LogP contribution in [0.25, 0.3) is 0 Å². The highest BCUT2D eigenvalue weighted by molar-refractivity contribution is 5.74. The van der Waals surface area contributed by atoms with E-state index in [-0.39, 0.29) is 12.6 Å². The van der Waals surface area contributed by atoms with Gasteiger partial charge in [0.25, 0.3) is 0 Å². The summed E-state index contributed by atoms with van der Waals surface area (Å²) in [5.74, 6) is 1.11. The fourth-order valence-corrected chi connectivity index (χ4v) is 2.43. The summed E-state index contributed by atoms with van der Waals surface area (Å²) in [5.41, 5.74) is 5.44. The summed E-state index contributed by atoms with van der Waals surface area (Å²) >= 11 is 0. The van der Waals surface area contributed by atoms with Crippen molar-refractivity contribution < 1.29 is 9.32 Å². The standard InChI is InChI=1S/C13H24N6O2/c1-3-18(4-2)13(20)19-7-5-17(6-8-19)10-11-15-12(9-14)21-16-11/h3-10,14H2,1-2H3. The Hall–Kier alpha value is -1.67. The third-order valence-corrected chi connectivity index (χ3v) is 3.73. The number of piperazine rings is 1. The highest BCUT2D eigenvalue weighted by Crippen LogP contribution is 2.09. The van der Waals surface area contributed by atoms with E-state index in [9.17, 15) is 4.79 Å². The lowest BCUT2D eigenvalue weighted by Crippen LogP contribution is -2.52. The van der Waals surface area contributed by atoms with E-state index < -0.39 is 0 Å². The van der Waals surface area contributed by atoms with Crippen molar-refractivity contribution in [1.82, 2.24) is 24.8 Å². The molecule has 21 heavy (non-hydrogen) atoms. The summed E-state index contributed by atoms with van der Waals surface area (Å²) in [7, 11) is 0. The van der Waals surface area contributed by atoms with Crippen molar-refractivity contribution in [3.8, 4) is 0 Å². The van der Waals surface area contributed by atoms with E-state index >= 15 is 0 Å². The molecule has 1 aliphatic heterocycles. The number of urea groups is 1. The first-order valence-corrected chi connectivity index (χ1v) is 7.45. The second kappa shape index (κ2) is 7.37. The number of hydrogen-bond donors (Lipinski definition) is 1. The Morgan fingerprint density at radius 1 is 1.29 bits per heavy atom. The molecule has 2 rings (SSSR count). The second-order valence-electron chi connectivity index (χ2n) is 5.03. The summed E-state index contributed by atoms with van der Waals surface area (Å²) in [6.45, 7) is 9.51. The van der Waals surface area contributed by atoms with Gasteiger partial charge in [-0.05, 0) is 13.8 Å². The summed E-state index contributed by atoms with van der Waals surface area (Å²) in [4.78, 5) is 22.4. The maximum absolute atomic E-state index is 12.2. The fraction of sp³-hybridized carbons (Fsp3) is 0.769. The highest BCUT2D eigenvalue weighted by Gasteiger charge is 2.24. The van der Waals surface area contributed by atoms with Crippen LogP contribution < -0.4 is 5.73 Å². The Morgan fingerprint density at radius 3 is 2.48 bits per heavy atom. The predicted octanol–water partition coefficient (Wildman–Crippen LogP) is 0.108. The zero-order valence-corrected chi connectivity index (χ0v) is 12.8. The van der Waals surface area contributed by atoms with Gasteiger partial charge in [-0.3, -0.25) is 4.90 Å². The van der Waals surface area contributed by atoms with Gasteiger partial charge in [0.15, 0.2) is 5.82 Å². The lowest BCUT2D eigenvalue weighted by Gasteiger charge is -2.36. The van der Waals surface area contributed by atoms with Crippen LogP contribution in [0, 0.1) is 0 Å². The van der Waals surface area contributed by atoms with Crippen LogP contribution in [0.3, 0.4) is 0 Å². The molecule has 8 nitrogen and oxygen atoms in total. The molecule has 2 N–H and O–H groups in total. The van der Waals surface area contributed by atoms with Crippen LogP contribution in [-0.2, 0) is 13.1 Å². The largest absolute Gasteiger partial charge is 0.338 e. The Kier molecular flexibility index (Phi) is 5.51. The number of amides is 2. The molecule has 0 radical (unpaired) electrons. The SMILES string of the molecule is CCN(CC)C(=O)N1CCN(Cc2noc(CN)n2)CC1. The molecular formula is C13H24N6O2. The minimum absolute atomic E-state index is 0.129. The van der Waals surface area contributed by atoms with E-state index in [1.54, 1.807) is 0 Å². The van der Waals surface area contributed by atoms with Crippen LogP contribution in [0.2, 0.25) is 0 Å². The molecule has 2 amide bonds. The number of nitrogens with two attached hydrogens (primary N) is 1. The molecule has 1 saturated heterocycles. The number of nitrogens with zero attached hydrogens (tertiary/aromatic N) is 5. The van der Waals surface area contributed by atoms with Crippen LogP contribution in [0.15, 0.2) is 4.52 Å². The number of aromatic nitrogens is 2. The molecule has 0 aliphatic carbocycles. The maximum Gasteiger partial charge on any atom is 0.320 e. The lowest BCUT2D eigenvalue weighted by atomic mass is 10.3. The Morgan fingerprint density at radius 2 is 1.95 bits per heavy atom. The maximum atomic E-state index is 12.2. The quantitative estimate of drug-likeness (QED) is 0.829. The Labute approximate surface area is 124 Å². The molecule has 1 aromatic heterocycles. The van der Waals surface area contributed by atoms with Crippen LogP contribution in [0.5, 0.6) is 0 Å². The van der Waals surface area contributed by atoms with E-state index in [1.165, 1.54) is 0 Å². The minimum Gasteiger partial charge on any atom is -0.338 e. The van der Waals surface area contributed by atoms with Crippen molar-refractivity contribution in [2.24, 2.45) is 5.73 Å². The smallest absolute Gasteiger partial charge is 0.320 e. The van der Waals surface area contributed by atoms with Gasteiger partial charge in [-0.2, -0.15) is 4.98 Å². The number of rotatable bonds is 5. The van der Waals surface area contributed by atoms with Gasteiger partial charge in [0.2, 0.25) is 5.89 Å². The molecule has 0 unspecified atom stereocenters. The normalized spacial score (nSPS) is 16.2. The monoisotopic (exact) mass is 296 g/mol. The molecule has 2 heterocycles. The summed E-state index contributed by atoms with van der Waals surface area (Å²) < 4.78 is 4.99. The third-order valence-electron chi connectivity index (χ3n) is 3.73. The van der Waals surface area contributed by atoms with Gasteiger partial charge in [0.05, 0.1) is 13.1 Å². The van der Waals surface area contributed by atoms with E-state index in [2.05, 4.69) is 15.0 Å². The van der Waals surface area contributed by atoms with Crippen molar-refractivity contribution in [1.29, 1.82) is 0 Å². The summed E-state index contributed by atoms with van der Waals surface area (Å²) in [6, 6.07) is 0.129. The van der Waals surface area contributed by atoms with Crippen molar-refractivity contribution in [3.05, 3.63) is 11.7 Å². The van der Waals surface area contributed by atoms with Crippen LogP contribution in [0.1, 0.15) is 25.6 Å². The minimum atomic E-state index is 0.129. The molecule has 0 atom stereocenters. The number of carbonyl (C=O) groups is 1. The highest BCUT2D eigenvalue weighted by atomic mass is 16.5. The van der Waals surface area contributed by atoms with E-state index in [0.717, 1.165) is 39.3 Å². The Balaban J connectivity index is 1.81. The van der Waals surface area contributed by atoms with Crippen molar-refractivity contribution >= 4 is 6.03 Å². The van der Waals surface area contributed by atoms with Crippen LogP contribution in [-0.4, -0.2) is 70.1 Å². The molecule has 0 bridgehead atoms. The molecular weight excluding hydrogens is 272 g/mol. The van der Waals surface area contributed by atoms with Gasteiger partial charge in [-0.15, -0.1) is 0 Å². The first-order valence-electron chi connectivity index (χ1n) is 7.45. The van der Waals surface area contributed by atoms with Crippen LogP contribution >= 0.6 is 0 Å². The average molecular weight is 296 g/mol. The number of carbonyl (C=O) groups excluding carboxylic acids is 1. The second-order valence-corrected chi connectivity index (χ2v) is 5.03. The van der Waals surface area contributed by atoms with E-state index in [1.807, 2.05) is 23.6 Å². The number of hydrogen-bond acceptors (Lipinski definition) is 6. The van der Waals surface area contributed by atoms with E-state index in [4.69, 9.17) is 10.3 Å². The van der Waals surface area contributed by atoms with Gasteiger partial charge in [-0.1, -0.05) is 5.16 Å². The topological polar surface area (TPSA) is 91.7 Å².